The number of rotatable bonds is 6. The number of methoxy groups -OCH3 is 2. The van der Waals surface area contributed by atoms with Crippen LogP contribution >= 0.6 is 11.3 Å². The van der Waals surface area contributed by atoms with Crippen molar-refractivity contribution in [3.8, 4) is 11.5 Å². The van der Waals surface area contributed by atoms with Crippen LogP contribution in [0.15, 0.2) is 41.3 Å². The Bertz CT molecular complexity index is 1240. The first-order valence-electron chi connectivity index (χ1n) is 10.3. The van der Waals surface area contributed by atoms with Crippen molar-refractivity contribution in [1.29, 1.82) is 0 Å². The average molecular weight is 476 g/mol. The van der Waals surface area contributed by atoms with Gasteiger partial charge in [0.15, 0.2) is 5.13 Å². The van der Waals surface area contributed by atoms with Crippen LogP contribution in [0.1, 0.15) is 30.1 Å². The molecule has 1 N–H and O–H groups in total. The van der Waals surface area contributed by atoms with Crippen molar-refractivity contribution < 1.29 is 22.7 Å². The second kappa shape index (κ2) is 9.05. The number of nitrogens with one attached hydrogen (secondary N) is 1. The molecule has 0 radical (unpaired) electrons. The van der Waals surface area contributed by atoms with Crippen molar-refractivity contribution in [3.63, 3.8) is 0 Å². The zero-order valence-electron chi connectivity index (χ0n) is 18.1. The molecular weight excluding hydrogens is 450 g/mol. The van der Waals surface area contributed by atoms with E-state index in [9.17, 15) is 13.2 Å². The third kappa shape index (κ3) is 4.43. The lowest BCUT2D eigenvalue weighted by Gasteiger charge is -2.30. The molecule has 1 fully saturated rings. The molecule has 0 saturated carbocycles. The minimum atomic E-state index is -3.56. The van der Waals surface area contributed by atoms with E-state index in [0.717, 1.165) is 17.5 Å². The maximum Gasteiger partial charge on any atom is 0.257 e. The lowest BCUT2D eigenvalue weighted by atomic mass is 10.0. The minimum Gasteiger partial charge on any atom is -0.497 e. The highest BCUT2D eigenvalue weighted by atomic mass is 32.2. The lowest BCUT2D eigenvalue weighted by molar-refractivity contribution is 0.102. The largest absolute Gasteiger partial charge is 0.497 e. The third-order valence-electron chi connectivity index (χ3n) is 5.48. The molecule has 10 heteroatoms. The molecule has 1 saturated heterocycles. The third-order valence-corrected chi connectivity index (χ3v) is 8.28. The summed E-state index contributed by atoms with van der Waals surface area (Å²) in [6.07, 6.45) is 1.90. The SMILES string of the molecule is COc1cc(OC)c2nc(NC(=O)c3ccc(S(=O)(=O)N4CCCC(C)C4)cc3)sc2c1. The van der Waals surface area contributed by atoms with Gasteiger partial charge in [-0.05, 0) is 49.1 Å². The Hall–Kier alpha value is -2.69. The van der Waals surface area contributed by atoms with Crippen LogP contribution < -0.4 is 14.8 Å². The number of ether oxygens (including phenoxy) is 2. The van der Waals surface area contributed by atoms with E-state index in [-0.39, 0.29) is 10.8 Å². The van der Waals surface area contributed by atoms with Crippen LogP contribution in [0.25, 0.3) is 10.2 Å². The average Bonchev–Trinajstić information content (AvgIpc) is 3.20. The van der Waals surface area contributed by atoms with Gasteiger partial charge in [0.05, 0.1) is 23.8 Å². The van der Waals surface area contributed by atoms with Crippen LogP contribution in [-0.2, 0) is 10.0 Å². The summed E-state index contributed by atoms with van der Waals surface area (Å²) in [5.41, 5.74) is 0.977. The molecule has 32 heavy (non-hydrogen) atoms. The second-order valence-electron chi connectivity index (χ2n) is 7.78. The van der Waals surface area contributed by atoms with E-state index in [1.54, 1.807) is 20.3 Å². The lowest BCUT2D eigenvalue weighted by Crippen LogP contribution is -2.39. The van der Waals surface area contributed by atoms with Gasteiger partial charge in [0.1, 0.15) is 17.0 Å². The van der Waals surface area contributed by atoms with Gasteiger partial charge in [-0.2, -0.15) is 4.31 Å². The molecule has 0 aliphatic carbocycles. The number of benzene rings is 2. The number of aromatic nitrogens is 1. The van der Waals surface area contributed by atoms with Gasteiger partial charge in [0.2, 0.25) is 10.0 Å². The highest BCUT2D eigenvalue weighted by Crippen LogP contribution is 2.36. The summed E-state index contributed by atoms with van der Waals surface area (Å²) in [4.78, 5) is 17.4. The Labute approximate surface area is 191 Å². The van der Waals surface area contributed by atoms with Crippen molar-refractivity contribution in [1.82, 2.24) is 9.29 Å². The topological polar surface area (TPSA) is 97.8 Å². The van der Waals surface area contributed by atoms with Crippen molar-refractivity contribution in [2.75, 3.05) is 32.6 Å². The molecule has 4 rings (SSSR count). The summed E-state index contributed by atoms with van der Waals surface area (Å²) in [6.45, 7) is 3.11. The molecule has 170 valence electrons. The summed E-state index contributed by atoms with van der Waals surface area (Å²) in [5.74, 6) is 1.16. The van der Waals surface area contributed by atoms with E-state index in [1.165, 1.54) is 39.9 Å². The van der Waals surface area contributed by atoms with Gasteiger partial charge < -0.3 is 9.47 Å². The molecular formula is C22H25N3O5S2. The van der Waals surface area contributed by atoms with Gasteiger partial charge >= 0.3 is 0 Å². The zero-order chi connectivity index (χ0) is 22.9. The number of hydrogen-bond donors (Lipinski definition) is 1. The number of piperidine rings is 1. The van der Waals surface area contributed by atoms with Crippen molar-refractivity contribution in [2.24, 2.45) is 5.92 Å². The van der Waals surface area contributed by atoms with Gasteiger partial charge in [-0.3, -0.25) is 10.1 Å². The predicted molar refractivity (Wildman–Crippen MR) is 124 cm³/mol. The van der Waals surface area contributed by atoms with Crippen LogP contribution in [0.5, 0.6) is 11.5 Å². The van der Waals surface area contributed by atoms with Gasteiger partial charge in [-0.25, -0.2) is 13.4 Å². The van der Waals surface area contributed by atoms with Crippen LogP contribution in [0, 0.1) is 5.92 Å². The Kier molecular flexibility index (Phi) is 6.36. The second-order valence-corrected chi connectivity index (χ2v) is 10.8. The first-order chi connectivity index (χ1) is 15.3. The van der Waals surface area contributed by atoms with Crippen molar-refractivity contribution in [3.05, 3.63) is 42.0 Å². The number of carbonyl (C=O) groups excluding carboxylic acids is 1. The smallest absolute Gasteiger partial charge is 0.257 e. The highest BCUT2D eigenvalue weighted by Gasteiger charge is 2.28. The highest BCUT2D eigenvalue weighted by molar-refractivity contribution is 7.89. The van der Waals surface area contributed by atoms with Gasteiger partial charge in [-0.1, -0.05) is 18.3 Å². The number of carbonyl (C=O) groups is 1. The van der Waals surface area contributed by atoms with E-state index in [1.807, 2.05) is 6.07 Å². The Morgan fingerprint density at radius 1 is 1.19 bits per heavy atom. The van der Waals surface area contributed by atoms with E-state index in [4.69, 9.17) is 9.47 Å². The van der Waals surface area contributed by atoms with E-state index < -0.39 is 10.0 Å². The molecule has 1 aliphatic heterocycles. The van der Waals surface area contributed by atoms with Crippen LogP contribution in [-0.4, -0.2) is 50.9 Å². The molecule has 3 aromatic rings. The predicted octanol–water partition coefficient (Wildman–Crippen LogP) is 3.99. The van der Waals surface area contributed by atoms with E-state index in [0.29, 0.717) is 46.7 Å². The fraction of sp³-hybridized carbons (Fsp3) is 0.364. The molecule has 1 amide bonds. The summed E-state index contributed by atoms with van der Waals surface area (Å²) < 4.78 is 38.8. The Morgan fingerprint density at radius 3 is 2.59 bits per heavy atom. The molecule has 1 unspecified atom stereocenters. The van der Waals surface area contributed by atoms with Gasteiger partial charge in [0.25, 0.3) is 5.91 Å². The number of sulfonamides is 1. The number of anilines is 1. The minimum absolute atomic E-state index is 0.194. The maximum absolute atomic E-state index is 12.9. The molecule has 2 aromatic carbocycles. The number of thiazole rings is 1. The van der Waals surface area contributed by atoms with Crippen LogP contribution in [0.4, 0.5) is 5.13 Å². The summed E-state index contributed by atoms with van der Waals surface area (Å²) in [5, 5.41) is 3.19. The zero-order valence-corrected chi connectivity index (χ0v) is 19.8. The first-order valence-corrected chi connectivity index (χ1v) is 12.5. The van der Waals surface area contributed by atoms with Gasteiger partial charge in [-0.15, -0.1) is 0 Å². The molecule has 0 bridgehead atoms. The Morgan fingerprint density at radius 2 is 1.94 bits per heavy atom. The first kappa shape index (κ1) is 22.5. The summed E-state index contributed by atoms with van der Waals surface area (Å²) in [6, 6.07) is 9.56. The number of nitrogens with zero attached hydrogens (tertiary/aromatic N) is 2. The molecule has 1 atom stereocenters. The molecule has 0 spiro atoms. The number of fused-ring (bicyclic) bond motifs is 1. The molecule has 8 nitrogen and oxygen atoms in total. The van der Waals surface area contributed by atoms with E-state index in [2.05, 4.69) is 17.2 Å². The Balaban J connectivity index is 1.52. The van der Waals surface area contributed by atoms with E-state index >= 15 is 0 Å². The van der Waals surface area contributed by atoms with Crippen LogP contribution in [0.3, 0.4) is 0 Å². The number of hydrogen-bond acceptors (Lipinski definition) is 7. The normalized spacial score (nSPS) is 17.3. The van der Waals surface area contributed by atoms with Crippen molar-refractivity contribution >= 4 is 42.6 Å². The molecule has 1 aromatic heterocycles. The monoisotopic (exact) mass is 475 g/mol. The fourth-order valence-corrected chi connectivity index (χ4v) is 6.27. The quantitative estimate of drug-likeness (QED) is 0.579. The molecule has 1 aliphatic rings. The fourth-order valence-electron chi connectivity index (χ4n) is 3.76. The van der Waals surface area contributed by atoms with Crippen LogP contribution in [0.2, 0.25) is 0 Å². The summed E-state index contributed by atoms with van der Waals surface area (Å²) in [7, 11) is -0.445. The standard InChI is InChI=1S/C22H25N3O5S2/c1-14-5-4-10-25(13-14)32(27,28)17-8-6-15(7-9-17)21(26)24-22-23-20-18(30-3)11-16(29-2)12-19(20)31-22/h6-9,11-12,14H,4-5,10,13H2,1-3H3,(H,23,24,26). The van der Waals surface area contributed by atoms with Crippen molar-refractivity contribution in [2.45, 2.75) is 24.7 Å². The molecule has 2 heterocycles. The number of amides is 1. The summed E-state index contributed by atoms with van der Waals surface area (Å²) >= 11 is 1.30. The maximum atomic E-state index is 12.9. The van der Waals surface area contributed by atoms with Gasteiger partial charge in [0, 0.05) is 24.7 Å².